The van der Waals surface area contributed by atoms with Crippen molar-refractivity contribution in [3.63, 3.8) is 0 Å². The van der Waals surface area contributed by atoms with E-state index >= 15 is 0 Å². The maximum atomic E-state index is 4.55. The number of thioether (sulfide) groups is 1. The van der Waals surface area contributed by atoms with E-state index in [1.165, 1.54) is 21.2 Å². The van der Waals surface area contributed by atoms with Gasteiger partial charge in [0.25, 0.3) is 0 Å². The molecule has 4 aromatic rings. The fraction of sp³-hybridized carbons (Fsp3) is 0.200. The molecule has 6 heteroatoms. The number of hydrogen-bond acceptors (Lipinski definition) is 4. The summed E-state index contributed by atoms with van der Waals surface area (Å²) in [6, 6.07) is 16.9. The Labute approximate surface area is 169 Å². The molecule has 132 valence electrons. The van der Waals surface area contributed by atoms with E-state index in [4.69, 9.17) is 0 Å². The molecule has 4 rings (SSSR count). The van der Waals surface area contributed by atoms with Gasteiger partial charge in [0.15, 0.2) is 11.0 Å². The molecule has 0 amide bonds. The standard InChI is InChI=1S/C20H18BrN3S2/c1-2-10-24-19(17-13-25-18-9-4-3-8-16(17)18)22-23-20(24)26-12-14-6-5-7-15(21)11-14/h3-9,11,13H,2,10,12H2,1H3. The largest absolute Gasteiger partial charge is 0.302 e. The smallest absolute Gasteiger partial charge is 0.191 e. The van der Waals surface area contributed by atoms with Gasteiger partial charge in [-0.25, -0.2) is 0 Å². The van der Waals surface area contributed by atoms with Crippen LogP contribution < -0.4 is 0 Å². The van der Waals surface area contributed by atoms with Crippen molar-refractivity contribution in [3.8, 4) is 11.4 Å². The first kappa shape index (κ1) is 17.8. The lowest BCUT2D eigenvalue weighted by molar-refractivity contribution is 0.626. The van der Waals surface area contributed by atoms with Crippen molar-refractivity contribution in [3.05, 3.63) is 63.9 Å². The van der Waals surface area contributed by atoms with Crippen molar-refractivity contribution in [1.82, 2.24) is 14.8 Å². The maximum absolute atomic E-state index is 4.55. The topological polar surface area (TPSA) is 30.7 Å². The molecule has 2 aromatic carbocycles. The first-order valence-corrected chi connectivity index (χ1v) is 11.2. The van der Waals surface area contributed by atoms with Crippen LogP contribution in [0, 0.1) is 0 Å². The van der Waals surface area contributed by atoms with Crippen molar-refractivity contribution in [2.24, 2.45) is 0 Å². The fourth-order valence-corrected chi connectivity index (χ4v) is 5.24. The molecule has 3 nitrogen and oxygen atoms in total. The predicted octanol–water partition coefficient (Wildman–Crippen LogP) is 6.62. The number of halogens is 1. The average Bonchev–Trinajstić information content (AvgIpc) is 3.24. The average molecular weight is 444 g/mol. The van der Waals surface area contributed by atoms with Crippen molar-refractivity contribution in [1.29, 1.82) is 0 Å². The van der Waals surface area contributed by atoms with Crippen LogP contribution in [0.5, 0.6) is 0 Å². The summed E-state index contributed by atoms with van der Waals surface area (Å²) < 4.78 is 4.66. The maximum Gasteiger partial charge on any atom is 0.191 e. The second kappa shape index (κ2) is 7.94. The summed E-state index contributed by atoms with van der Waals surface area (Å²) in [6.07, 6.45) is 1.05. The Morgan fingerprint density at radius 1 is 1.12 bits per heavy atom. The molecule has 0 saturated carbocycles. The molecule has 0 unspecified atom stereocenters. The molecular weight excluding hydrogens is 426 g/mol. The summed E-state index contributed by atoms with van der Waals surface area (Å²) in [6.45, 7) is 3.12. The molecule has 0 aliphatic rings. The van der Waals surface area contributed by atoms with Crippen molar-refractivity contribution in [2.75, 3.05) is 0 Å². The molecule has 0 atom stereocenters. The van der Waals surface area contributed by atoms with E-state index in [9.17, 15) is 0 Å². The quantitative estimate of drug-likeness (QED) is 0.313. The van der Waals surface area contributed by atoms with Gasteiger partial charge in [0.1, 0.15) is 0 Å². The Morgan fingerprint density at radius 2 is 2.00 bits per heavy atom. The molecular formula is C20H18BrN3S2. The first-order chi connectivity index (χ1) is 12.8. The third-order valence-corrected chi connectivity index (χ3v) is 6.64. The minimum absolute atomic E-state index is 0.881. The zero-order chi connectivity index (χ0) is 17.9. The summed E-state index contributed by atoms with van der Waals surface area (Å²) in [4.78, 5) is 0. The monoisotopic (exact) mass is 443 g/mol. The van der Waals surface area contributed by atoms with Gasteiger partial charge in [-0.2, -0.15) is 0 Å². The van der Waals surface area contributed by atoms with Gasteiger partial charge in [0.05, 0.1) is 0 Å². The summed E-state index contributed by atoms with van der Waals surface area (Å²) in [5, 5.41) is 13.5. The highest BCUT2D eigenvalue weighted by atomic mass is 79.9. The Bertz CT molecular complexity index is 1040. The summed E-state index contributed by atoms with van der Waals surface area (Å²) in [5.41, 5.74) is 2.46. The number of thiophene rings is 1. The van der Waals surface area contributed by atoms with Crippen LogP contribution in [0.3, 0.4) is 0 Å². The minimum atomic E-state index is 0.881. The zero-order valence-corrected chi connectivity index (χ0v) is 17.6. The third kappa shape index (κ3) is 3.59. The summed E-state index contributed by atoms with van der Waals surface area (Å²) in [7, 11) is 0. The van der Waals surface area contributed by atoms with Gasteiger partial charge in [0.2, 0.25) is 0 Å². The molecule has 26 heavy (non-hydrogen) atoms. The molecule has 2 heterocycles. The van der Waals surface area contributed by atoms with Gasteiger partial charge in [-0.3, -0.25) is 0 Å². The Kier molecular flexibility index (Phi) is 5.43. The minimum Gasteiger partial charge on any atom is -0.302 e. The first-order valence-electron chi connectivity index (χ1n) is 8.53. The Hall–Kier alpha value is -1.63. The highest BCUT2D eigenvalue weighted by Gasteiger charge is 2.17. The highest BCUT2D eigenvalue weighted by Crippen LogP contribution is 2.35. The van der Waals surface area contributed by atoms with E-state index in [0.29, 0.717) is 0 Å². The van der Waals surface area contributed by atoms with Crippen LogP contribution in [0.1, 0.15) is 18.9 Å². The van der Waals surface area contributed by atoms with Crippen molar-refractivity contribution in [2.45, 2.75) is 30.8 Å². The van der Waals surface area contributed by atoms with E-state index in [0.717, 1.165) is 34.2 Å². The second-order valence-electron chi connectivity index (χ2n) is 6.02. The van der Waals surface area contributed by atoms with E-state index in [-0.39, 0.29) is 0 Å². The van der Waals surface area contributed by atoms with Crippen LogP contribution in [0.2, 0.25) is 0 Å². The molecule has 0 aliphatic carbocycles. The Balaban J connectivity index is 1.66. The number of fused-ring (bicyclic) bond motifs is 1. The third-order valence-electron chi connectivity index (χ3n) is 4.14. The van der Waals surface area contributed by atoms with Crippen LogP contribution >= 0.6 is 39.0 Å². The van der Waals surface area contributed by atoms with Crippen LogP contribution in [-0.2, 0) is 12.3 Å². The normalized spacial score (nSPS) is 11.3. The SMILES string of the molecule is CCCn1c(SCc2cccc(Br)c2)nnc1-c1csc2ccccc12. The lowest BCUT2D eigenvalue weighted by Gasteiger charge is -2.08. The molecule has 0 N–H and O–H groups in total. The van der Waals surface area contributed by atoms with Crippen molar-refractivity contribution >= 4 is 49.1 Å². The van der Waals surface area contributed by atoms with E-state index < -0.39 is 0 Å². The van der Waals surface area contributed by atoms with Gasteiger partial charge in [0, 0.05) is 37.8 Å². The summed E-state index contributed by atoms with van der Waals surface area (Å²) in [5.74, 6) is 1.85. The number of nitrogens with zero attached hydrogens (tertiary/aromatic N) is 3. The van der Waals surface area contributed by atoms with Crippen molar-refractivity contribution < 1.29 is 0 Å². The molecule has 0 saturated heterocycles. The molecule has 0 bridgehead atoms. The van der Waals surface area contributed by atoms with Crippen LogP contribution in [0.15, 0.2) is 63.5 Å². The number of hydrogen-bond donors (Lipinski definition) is 0. The van der Waals surface area contributed by atoms with E-state index in [1.807, 2.05) is 6.07 Å². The second-order valence-corrected chi connectivity index (χ2v) is 8.79. The van der Waals surface area contributed by atoms with Gasteiger partial charge < -0.3 is 4.57 Å². The molecule has 0 fully saturated rings. The number of aromatic nitrogens is 3. The lowest BCUT2D eigenvalue weighted by Crippen LogP contribution is -2.01. The highest BCUT2D eigenvalue weighted by molar-refractivity contribution is 9.10. The molecule has 0 spiro atoms. The summed E-state index contributed by atoms with van der Waals surface area (Å²) >= 11 is 7.05. The molecule has 0 aliphatic heterocycles. The van der Waals surface area contributed by atoms with Gasteiger partial charge in [-0.05, 0) is 30.2 Å². The van der Waals surface area contributed by atoms with Gasteiger partial charge >= 0.3 is 0 Å². The number of benzene rings is 2. The van der Waals surface area contributed by atoms with Gasteiger partial charge in [-0.1, -0.05) is 64.9 Å². The molecule has 2 aromatic heterocycles. The van der Waals surface area contributed by atoms with Gasteiger partial charge in [-0.15, -0.1) is 21.5 Å². The predicted molar refractivity (Wildman–Crippen MR) is 115 cm³/mol. The lowest BCUT2D eigenvalue weighted by atomic mass is 10.1. The van der Waals surface area contributed by atoms with E-state index in [2.05, 4.69) is 85.5 Å². The zero-order valence-electron chi connectivity index (χ0n) is 14.4. The number of rotatable bonds is 6. The Morgan fingerprint density at radius 3 is 2.85 bits per heavy atom. The van der Waals surface area contributed by atoms with Crippen LogP contribution in [0.4, 0.5) is 0 Å². The van der Waals surface area contributed by atoms with Crippen LogP contribution in [0.25, 0.3) is 21.5 Å². The van der Waals surface area contributed by atoms with E-state index in [1.54, 1.807) is 23.1 Å². The molecule has 0 radical (unpaired) electrons. The van der Waals surface area contributed by atoms with Crippen LogP contribution in [-0.4, -0.2) is 14.8 Å². The fourth-order valence-electron chi connectivity index (χ4n) is 2.95.